The molecule has 2 rings (SSSR count). The van der Waals surface area contributed by atoms with Gasteiger partial charge in [0.25, 0.3) is 0 Å². The molecule has 104 valence electrons. The average Bonchev–Trinajstić information content (AvgIpc) is 2.70. The lowest BCUT2D eigenvalue weighted by Crippen LogP contribution is -2.24. The highest BCUT2D eigenvalue weighted by atomic mass is 19.1. The molecule has 0 aromatic heterocycles. The molecule has 0 bridgehead atoms. The van der Waals surface area contributed by atoms with E-state index < -0.39 is 5.79 Å². The zero-order valence-electron chi connectivity index (χ0n) is 11.4. The second kappa shape index (κ2) is 5.31. The highest BCUT2D eigenvalue weighted by Crippen LogP contribution is 2.28. The number of phenolic OH excluding ortho intramolecular Hbond substituents is 1. The maximum absolute atomic E-state index is 13.1. The van der Waals surface area contributed by atoms with Crippen LogP contribution in [0.4, 0.5) is 4.39 Å². The molecular weight excluding hydrogens is 247 g/mol. The van der Waals surface area contributed by atoms with Crippen LogP contribution >= 0.6 is 0 Å². The molecule has 0 aliphatic carbocycles. The van der Waals surface area contributed by atoms with Crippen LogP contribution in [0.15, 0.2) is 24.3 Å². The standard InChI is InChI=1S/C15H19FO3/c1-10(14-9-18-15(2,3)19-14)4-5-11-8-12(16)6-7-13(11)17/h4-8,10,14,17H,9H2,1-3H3/b5-4-/t10-,14-/m0/s1. The van der Waals surface area contributed by atoms with Gasteiger partial charge in [-0.05, 0) is 32.0 Å². The Morgan fingerprint density at radius 1 is 1.47 bits per heavy atom. The van der Waals surface area contributed by atoms with Gasteiger partial charge in [-0.2, -0.15) is 0 Å². The number of benzene rings is 1. The first-order valence-electron chi connectivity index (χ1n) is 6.36. The maximum atomic E-state index is 13.1. The smallest absolute Gasteiger partial charge is 0.163 e. The Hall–Kier alpha value is -1.39. The zero-order valence-corrected chi connectivity index (χ0v) is 11.4. The summed E-state index contributed by atoms with van der Waals surface area (Å²) in [5.41, 5.74) is 0.463. The van der Waals surface area contributed by atoms with Gasteiger partial charge in [0.1, 0.15) is 11.6 Å². The van der Waals surface area contributed by atoms with Crippen molar-refractivity contribution in [3.63, 3.8) is 0 Å². The van der Waals surface area contributed by atoms with E-state index in [1.165, 1.54) is 18.2 Å². The zero-order chi connectivity index (χ0) is 14.0. The van der Waals surface area contributed by atoms with Crippen molar-refractivity contribution in [2.24, 2.45) is 5.92 Å². The summed E-state index contributed by atoms with van der Waals surface area (Å²) in [5, 5.41) is 9.62. The molecule has 19 heavy (non-hydrogen) atoms. The van der Waals surface area contributed by atoms with E-state index in [9.17, 15) is 9.50 Å². The van der Waals surface area contributed by atoms with E-state index in [1.807, 2.05) is 26.8 Å². The van der Waals surface area contributed by atoms with Crippen LogP contribution in [0.3, 0.4) is 0 Å². The van der Waals surface area contributed by atoms with Crippen LogP contribution in [0.2, 0.25) is 0 Å². The van der Waals surface area contributed by atoms with Gasteiger partial charge in [-0.15, -0.1) is 0 Å². The summed E-state index contributed by atoms with van der Waals surface area (Å²) in [4.78, 5) is 0. The van der Waals surface area contributed by atoms with E-state index >= 15 is 0 Å². The van der Waals surface area contributed by atoms with Gasteiger partial charge in [-0.25, -0.2) is 4.39 Å². The lowest BCUT2D eigenvalue weighted by atomic mass is 10.0. The van der Waals surface area contributed by atoms with Crippen LogP contribution in [0.25, 0.3) is 6.08 Å². The Balaban J connectivity index is 2.04. The van der Waals surface area contributed by atoms with Crippen molar-refractivity contribution >= 4 is 6.08 Å². The second-order valence-corrected chi connectivity index (χ2v) is 5.29. The summed E-state index contributed by atoms with van der Waals surface area (Å²) in [6, 6.07) is 3.87. The third-order valence-corrected chi connectivity index (χ3v) is 3.19. The van der Waals surface area contributed by atoms with Crippen LogP contribution in [0.5, 0.6) is 5.75 Å². The van der Waals surface area contributed by atoms with Crippen LogP contribution in [-0.4, -0.2) is 23.6 Å². The summed E-state index contributed by atoms with van der Waals surface area (Å²) in [6.07, 6.45) is 3.57. The third kappa shape index (κ3) is 3.55. The molecule has 1 N–H and O–H groups in total. The summed E-state index contributed by atoms with van der Waals surface area (Å²) < 4.78 is 24.3. The molecule has 3 nitrogen and oxygen atoms in total. The van der Waals surface area contributed by atoms with E-state index in [0.29, 0.717) is 12.2 Å². The summed E-state index contributed by atoms with van der Waals surface area (Å²) in [5.74, 6) is -0.738. The van der Waals surface area contributed by atoms with E-state index in [2.05, 4.69) is 0 Å². The largest absolute Gasteiger partial charge is 0.507 e. The number of rotatable bonds is 3. The third-order valence-electron chi connectivity index (χ3n) is 3.19. The number of ether oxygens (including phenoxy) is 2. The van der Waals surface area contributed by atoms with Crippen LogP contribution < -0.4 is 0 Å². The number of hydrogen-bond acceptors (Lipinski definition) is 3. The fourth-order valence-electron chi connectivity index (χ4n) is 2.01. The summed E-state index contributed by atoms with van der Waals surface area (Å²) in [7, 11) is 0. The quantitative estimate of drug-likeness (QED) is 0.912. The Kier molecular flexibility index (Phi) is 3.92. The molecule has 0 unspecified atom stereocenters. The summed E-state index contributed by atoms with van der Waals surface area (Å²) >= 11 is 0. The lowest BCUT2D eigenvalue weighted by molar-refractivity contribution is -0.141. The minimum atomic E-state index is -0.548. The Morgan fingerprint density at radius 3 is 2.84 bits per heavy atom. The first-order chi connectivity index (χ1) is 8.87. The maximum Gasteiger partial charge on any atom is 0.163 e. The minimum absolute atomic E-state index is 0.0260. The van der Waals surface area contributed by atoms with Crippen LogP contribution in [-0.2, 0) is 9.47 Å². The van der Waals surface area contributed by atoms with Crippen molar-refractivity contribution in [2.45, 2.75) is 32.7 Å². The second-order valence-electron chi connectivity index (χ2n) is 5.29. The van der Waals surface area contributed by atoms with E-state index in [0.717, 1.165) is 0 Å². The molecule has 1 aromatic rings. The Morgan fingerprint density at radius 2 is 2.21 bits per heavy atom. The van der Waals surface area contributed by atoms with Crippen molar-refractivity contribution in [1.29, 1.82) is 0 Å². The highest BCUT2D eigenvalue weighted by Gasteiger charge is 2.34. The molecule has 0 spiro atoms. The number of phenols is 1. The molecule has 0 radical (unpaired) electrons. The van der Waals surface area contributed by atoms with Gasteiger partial charge in [-0.1, -0.05) is 19.1 Å². The molecular formula is C15H19FO3. The highest BCUT2D eigenvalue weighted by molar-refractivity contribution is 5.56. The molecule has 1 saturated heterocycles. The van der Waals surface area contributed by atoms with Crippen molar-refractivity contribution in [1.82, 2.24) is 0 Å². The molecule has 0 amide bonds. The van der Waals surface area contributed by atoms with Crippen molar-refractivity contribution in [3.8, 4) is 5.75 Å². The molecule has 2 atom stereocenters. The van der Waals surface area contributed by atoms with Gasteiger partial charge in [0.15, 0.2) is 5.79 Å². The topological polar surface area (TPSA) is 38.7 Å². The molecule has 0 saturated carbocycles. The first-order valence-corrected chi connectivity index (χ1v) is 6.36. The van der Waals surface area contributed by atoms with E-state index in [1.54, 1.807) is 6.08 Å². The monoisotopic (exact) mass is 266 g/mol. The Labute approximate surface area is 112 Å². The molecule has 1 aromatic carbocycles. The predicted octanol–water partition coefficient (Wildman–Crippen LogP) is 3.33. The first kappa shape index (κ1) is 14.0. The molecule has 1 fully saturated rings. The van der Waals surface area contributed by atoms with Gasteiger partial charge in [0, 0.05) is 11.5 Å². The fraction of sp³-hybridized carbons (Fsp3) is 0.467. The van der Waals surface area contributed by atoms with Crippen molar-refractivity contribution < 1.29 is 19.0 Å². The van der Waals surface area contributed by atoms with Crippen molar-refractivity contribution in [2.75, 3.05) is 6.61 Å². The van der Waals surface area contributed by atoms with Crippen LogP contribution in [0.1, 0.15) is 26.3 Å². The molecule has 1 aliphatic heterocycles. The molecule has 4 heteroatoms. The minimum Gasteiger partial charge on any atom is -0.507 e. The normalized spacial score (nSPS) is 23.9. The fourth-order valence-corrected chi connectivity index (χ4v) is 2.01. The summed E-state index contributed by atoms with van der Waals surface area (Å²) in [6.45, 7) is 6.29. The number of aromatic hydroxyl groups is 1. The van der Waals surface area contributed by atoms with Gasteiger partial charge >= 0.3 is 0 Å². The lowest BCUT2D eigenvalue weighted by Gasteiger charge is -2.19. The van der Waals surface area contributed by atoms with E-state index in [-0.39, 0.29) is 23.6 Å². The van der Waals surface area contributed by atoms with Gasteiger partial charge in [0.2, 0.25) is 0 Å². The molecule has 1 heterocycles. The average molecular weight is 266 g/mol. The number of halogens is 1. The van der Waals surface area contributed by atoms with Crippen LogP contribution in [0, 0.1) is 11.7 Å². The predicted molar refractivity (Wildman–Crippen MR) is 71.2 cm³/mol. The van der Waals surface area contributed by atoms with Gasteiger partial charge in [0.05, 0.1) is 12.7 Å². The number of hydrogen-bond donors (Lipinski definition) is 1. The van der Waals surface area contributed by atoms with E-state index in [4.69, 9.17) is 9.47 Å². The Bertz CT molecular complexity index is 482. The van der Waals surface area contributed by atoms with Crippen molar-refractivity contribution in [3.05, 3.63) is 35.7 Å². The van der Waals surface area contributed by atoms with Gasteiger partial charge < -0.3 is 14.6 Å². The SMILES string of the molecule is C[C@@H](/C=C\c1cc(F)ccc1O)[C@@H]1COC(C)(C)O1. The molecule has 1 aliphatic rings. The van der Waals surface area contributed by atoms with Gasteiger partial charge in [-0.3, -0.25) is 0 Å².